The highest BCUT2D eigenvalue weighted by Crippen LogP contribution is 2.28. The first-order valence-corrected chi connectivity index (χ1v) is 8.34. The van der Waals surface area contributed by atoms with Gasteiger partial charge >= 0.3 is 12.2 Å². The van der Waals surface area contributed by atoms with Crippen molar-refractivity contribution in [3.8, 4) is 0 Å². The maximum Gasteiger partial charge on any atom is 0.401 e. The Morgan fingerprint density at radius 3 is 2.61 bits per heavy atom. The lowest BCUT2D eigenvalue weighted by Gasteiger charge is -2.26. The van der Waals surface area contributed by atoms with Crippen LogP contribution in [-0.2, 0) is 0 Å². The molecule has 23 heavy (non-hydrogen) atoms. The number of rotatable bonds is 4. The Hall–Kier alpha value is -1.02. The number of nitrogens with one attached hydrogen (secondary N) is 1. The average molecular weight is 337 g/mol. The quantitative estimate of drug-likeness (QED) is 0.823. The molecule has 0 radical (unpaired) electrons. The summed E-state index contributed by atoms with van der Waals surface area (Å²) in [7, 11) is 0. The van der Waals surface area contributed by atoms with Gasteiger partial charge in [-0.3, -0.25) is 4.90 Å². The Kier molecular flexibility index (Phi) is 6.52. The molecular weight excluding hydrogens is 311 g/mol. The maximum absolute atomic E-state index is 12.5. The molecule has 5 nitrogen and oxygen atoms in total. The van der Waals surface area contributed by atoms with E-state index in [2.05, 4.69) is 5.32 Å². The van der Waals surface area contributed by atoms with E-state index in [0.29, 0.717) is 38.4 Å². The number of hydrogen-bond donors (Lipinski definition) is 2. The number of carbonyl (C=O) groups is 1. The molecule has 0 bridgehead atoms. The van der Waals surface area contributed by atoms with Crippen LogP contribution in [-0.4, -0.2) is 72.5 Å². The van der Waals surface area contributed by atoms with Gasteiger partial charge in [0.25, 0.3) is 0 Å². The summed E-state index contributed by atoms with van der Waals surface area (Å²) in [6, 6.07) is -0.113. The van der Waals surface area contributed by atoms with E-state index in [0.717, 1.165) is 19.3 Å². The summed E-state index contributed by atoms with van der Waals surface area (Å²) >= 11 is 0. The third-order valence-electron chi connectivity index (χ3n) is 4.75. The van der Waals surface area contributed by atoms with E-state index in [1.165, 1.54) is 4.90 Å². The molecule has 2 aliphatic rings. The highest BCUT2D eigenvalue weighted by atomic mass is 19.4. The number of aliphatic hydroxyl groups excluding tert-OH is 1. The molecule has 1 heterocycles. The van der Waals surface area contributed by atoms with Gasteiger partial charge in [-0.25, -0.2) is 4.79 Å². The van der Waals surface area contributed by atoms with Gasteiger partial charge in [-0.2, -0.15) is 13.2 Å². The first-order valence-electron chi connectivity index (χ1n) is 8.34. The summed E-state index contributed by atoms with van der Waals surface area (Å²) in [5.41, 5.74) is 0. The predicted octanol–water partition coefficient (Wildman–Crippen LogP) is 1.82. The molecule has 2 atom stereocenters. The van der Waals surface area contributed by atoms with Crippen LogP contribution in [0.15, 0.2) is 0 Å². The van der Waals surface area contributed by atoms with Crippen molar-refractivity contribution in [3.63, 3.8) is 0 Å². The highest BCUT2D eigenvalue weighted by Gasteiger charge is 2.33. The molecule has 0 aromatic heterocycles. The van der Waals surface area contributed by atoms with E-state index in [-0.39, 0.29) is 25.2 Å². The minimum atomic E-state index is -4.20. The van der Waals surface area contributed by atoms with Gasteiger partial charge in [0.15, 0.2) is 0 Å². The van der Waals surface area contributed by atoms with Crippen molar-refractivity contribution in [1.82, 2.24) is 15.1 Å². The smallest absolute Gasteiger partial charge is 0.396 e. The number of aliphatic hydroxyl groups is 1. The molecular formula is C15H26F3N3O2. The number of urea groups is 1. The molecule has 2 amide bonds. The van der Waals surface area contributed by atoms with E-state index < -0.39 is 12.7 Å². The standard InChI is InChI=1S/C15H26F3N3O2/c16-15(17,18)11-20-6-2-7-21(9-8-20)14(23)19-13-4-1-3-12(13)5-10-22/h12-13,22H,1-11H2,(H,19,23)/t12-,13+/m0/s1. The van der Waals surface area contributed by atoms with Gasteiger partial charge < -0.3 is 15.3 Å². The molecule has 1 aliphatic carbocycles. The number of halogens is 3. The normalized spacial score (nSPS) is 27.0. The minimum Gasteiger partial charge on any atom is -0.396 e. The summed E-state index contributed by atoms with van der Waals surface area (Å²) < 4.78 is 37.4. The Morgan fingerprint density at radius 2 is 1.91 bits per heavy atom. The van der Waals surface area contributed by atoms with Crippen LogP contribution >= 0.6 is 0 Å². The molecule has 2 N–H and O–H groups in total. The van der Waals surface area contributed by atoms with E-state index >= 15 is 0 Å². The summed E-state index contributed by atoms with van der Waals surface area (Å²) in [5.74, 6) is 0.303. The van der Waals surface area contributed by atoms with Crippen molar-refractivity contribution in [2.24, 2.45) is 5.92 Å². The van der Waals surface area contributed by atoms with Gasteiger partial charge in [-0.05, 0) is 31.6 Å². The van der Waals surface area contributed by atoms with Gasteiger partial charge in [0, 0.05) is 38.8 Å². The second-order valence-electron chi connectivity index (χ2n) is 6.49. The van der Waals surface area contributed by atoms with Gasteiger partial charge in [-0.15, -0.1) is 0 Å². The largest absolute Gasteiger partial charge is 0.401 e. The zero-order valence-electron chi connectivity index (χ0n) is 13.3. The van der Waals surface area contributed by atoms with E-state index in [4.69, 9.17) is 5.11 Å². The minimum absolute atomic E-state index is 0.0733. The molecule has 0 aromatic rings. The molecule has 1 saturated carbocycles. The molecule has 0 aromatic carbocycles. The molecule has 1 saturated heterocycles. The van der Waals surface area contributed by atoms with Crippen LogP contribution in [0.4, 0.5) is 18.0 Å². The molecule has 2 rings (SSSR count). The van der Waals surface area contributed by atoms with Gasteiger partial charge in [0.1, 0.15) is 0 Å². The van der Waals surface area contributed by atoms with Crippen LogP contribution in [0.3, 0.4) is 0 Å². The second kappa shape index (κ2) is 8.19. The Balaban J connectivity index is 1.81. The topological polar surface area (TPSA) is 55.8 Å². The van der Waals surface area contributed by atoms with Crippen molar-refractivity contribution >= 4 is 6.03 Å². The lowest BCUT2D eigenvalue weighted by atomic mass is 10.0. The van der Waals surface area contributed by atoms with Gasteiger partial charge in [-0.1, -0.05) is 6.42 Å². The fraction of sp³-hybridized carbons (Fsp3) is 0.933. The number of carbonyl (C=O) groups excluding carboxylic acids is 1. The van der Waals surface area contributed by atoms with Gasteiger partial charge in [0.05, 0.1) is 6.54 Å². The monoisotopic (exact) mass is 337 g/mol. The summed E-state index contributed by atoms with van der Waals surface area (Å²) in [6.07, 6.45) is -0.0123. The third-order valence-corrected chi connectivity index (χ3v) is 4.75. The van der Waals surface area contributed by atoms with Crippen LogP contribution in [0.1, 0.15) is 32.1 Å². The summed E-state index contributed by atoms with van der Waals surface area (Å²) in [6.45, 7) is 0.616. The van der Waals surface area contributed by atoms with Crippen molar-refractivity contribution < 1.29 is 23.1 Å². The fourth-order valence-electron chi connectivity index (χ4n) is 3.57. The Labute approximate surface area is 134 Å². The van der Waals surface area contributed by atoms with E-state index in [1.54, 1.807) is 4.90 Å². The van der Waals surface area contributed by atoms with Crippen LogP contribution in [0, 0.1) is 5.92 Å². The Bertz CT molecular complexity index is 393. The van der Waals surface area contributed by atoms with Crippen molar-refractivity contribution in [3.05, 3.63) is 0 Å². The van der Waals surface area contributed by atoms with E-state index in [9.17, 15) is 18.0 Å². The van der Waals surface area contributed by atoms with Crippen LogP contribution in [0.2, 0.25) is 0 Å². The zero-order valence-corrected chi connectivity index (χ0v) is 13.3. The van der Waals surface area contributed by atoms with Crippen LogP contribution in [0.5, 0.6) is 0 Å². The van der Waals surface area contributed by atoms with E-state index in [1.807, 2.05) is 0 Å². The maximum atomic E-state index is 12.5. The molecule has 134 valence electrons. The average Bonchev–Trinajstić information content (AvgIpc) is 2.75. The molecule has 0 spiro atoms. The molecule has 8 heteroatoms. The highest BCUT2D eigenvalue weighted by molar-refractivity contribution is 5.74. The SMILES string of the molecule is O=C(N[C@@H]1CCC[C@H]1CCO)N1CCCN(CC(F)(F)F)CC1. The number of hydrogen-bond acceptors (Lipinski definition) is 3. The third kappa shape index (κ3) is 5.84. The summed E-state index contributed by atoms with van der Waals surface area (Å²) in [4.78, 5) is 15.3. The van der Waals surface area contributed by atoms with Crippen LogP contribution in [0.25, 0.3) is 0 Å². The summed E-state index contributed by atoms with van der Waals surface area (Å²) in [5, 5.41) is 12.1. The Morgan fingerprint density at radius 1 is 1.13 bits per heavy atom. The lowest BCUT2D eigenvalue weighted by Crippen LogP contribution is -2.47. The number of amides is 2. The molecule has 2 fully saturated rings. The number of alkyl halides is 3. The van der Waals surface area contributed by atoms with Gasteiger partial charge in [0.2, 0.25) is 0 Å². The molecule has 1 aliphatic heterocycles. The fourth-order valence-corrected chi connectivity index (χ4v) is 3.57. The molecule has 0 unspecified atom stereocenters. The second-order valence-corrected chi connectivity index (χ2v) is 6.49. The lowest BCUT2D eigenvalue weighted by molar-refractivity contribution is -0.145. The van der Waals surface area contributed by atoms with Crippen molar-refractivity contribution in [2.75, 3.05) is 39.3 Å². The first kappa shape index (κ1) is 18.3. The number of nitrogens with zero attached hydrogens (tertiary/aromatic N) is 2. The predicted molar refractivity (Wildman–Crippen MR) is 80.0 cm³/mol. The van der Waals surface area contributed by atoms with Crippen molar-refractivity contribution in [1.29, 1.82) is 0 Å². The van der Waals surface area contributed by atoms with Crippen LogP contribution < -0.4 is 5.32 Å². The first-order chi connectivity index (χ1) is 10.9. The van der Waals surface area contributed by atoms with Crippen molar-refractivity contribution in [2.45, 2.75) is 44.3 Å². The zero-order chi connectivity index (χ0) is 16.9.